The van der Waals surface area contributed by atoms with Crippen molar-refractivity contribution >= 4 is 28.5 Å². The minimum Gasteiger partial charge on any atom is -0.317 e. The second-order valence-electron chi connectivity index (χ2n) is 2.86. The molecule has 72 valence electrons. The fourth-order valence-corrected chi connectivity index (χ4v) is 3.10. The molecule has 0 fully saturated rings. The Kier molecular flexibility index (Phi) is 3.69. The Labute approximate surface area is 87.3 Å². The lowest BCUT2D eigenvalue weighted by atomic mass is 10.5. The molecule has 0 aliphatic heterocycles. The number of nitrogens with zero attached hydrogens (tertiary/aromatic N) is 1. The lowest BCUT2D eigenvalue weighted by Crippen LogP contribution is -2.12. The summed E-state index contributed by atoms with van der Waals surface area (Å²) in [6.07, 6.45) is 3.09. The highest BCUT2D eigenvalue weighted by Crippen LogP contribution is 2.42. The normalized spacial score (nSPS) is 11.6. The van der Waals surface area contributed by atoms with Gasteiger partial charge in [0.25, 0.3) is 0 Å². The van der Waals surface area contributed by atoms with E-state index in [2.05, 4.69) is 20.9 Å². The topological polar surface area (TPSA) is 30.0 Å². The minimum atomic E-state index is -2.19. The van der Waals surface area contributed by atoms with Gasteiger partial charge in [-0.3, -0.25) is 4.98 Å². The van der Waals surface area contributed by atoms with Gasteiger partial charge in [-0.1, -0.05) is 13.8 Å². The monoisotopic (exact) mass is 261 g/mol. The van der Waals surface area contributed by atoms with Crippen LogP contribution >= 0.6 is 23.1 Å². The molecule has 0 amide bonds. The van der Waals surface area contributed by atoms with E-state index in [9.17, 15) is 4.57 Å². The first-order valence-electron chi connectivity index (χ1n) is 4.32. The molecule has 0 aliphatic rings. The second-order valence-corrected chi connectivity index (χ2v) is 7.27. The van der Waals surface area contributed by atoms with Crippen LogP contribution in [0.25, 0.3) is 0 Å². The van der Waals surface area contributed by atoms with Crippen molar-refractivity contribution in [3.63, 3.8) is 0 Å². The molecule has 13 heavy (non-hydrogen) atoms. The predicted molar refractivity (Wildman–Crippen MR) is 60.3 cm³/mol. The molecule has 1 heterocycles. The zero-order valence-corrected chi connectivity index (χ0v) is 10.3. The van der Waals surface area contributed by atoms with Crippen molar-refractivity contribution in [3.8, 4) is 0 Å². The molecule has 0 bridgehead atoms. The molecule has 0 aliphatic carbocycles. The third-order valence-corrected chi connectivity index (χ3v) is 5.76. The number of hydrogen-bond donors (Lipinski definition) is 0. The Morgan fingerprint density at radius 1 is 1.38 bits per heavy atom. The van der Waals surface area contributed by atoms with Crippen LogP contribution in [0.2, 0.25) is 0 Å². The molecule has 1 aromatic rings. The van der Waals surface area contributed by atoms with E-state index < -0.39 is 7.14 Å². The Morgan fingerprint density at radius 3 is 2.38 bits per heavy atom. The molecule has 1 rings (SSSR count). The van der Waals surface area contributed by atoms with Crippen LogP contribution in [0.4, 0.5) is 0 Å². The van der Waals surface area contributed by atoms with E-state index in [0.717, 1.165) is 9.91 Å². The number of hydrogen-bond acceptors (Lipinski definition) is 2. The maximum absolute atomic E-state index is 12.2. The predicted octanol–water partition coefficient (Wildman–Crippen LogP) is 2.87. The van der Waals surface area contributed by atoms with Crippen molar-refractivity contribution < 1.29 is 4.57 Å². The molecule has 0 N–H and O–H groups in total. The van der Waals surface area contributed by atoms with Crippen LogP contribution in [-0.2, 0) is 4.57 Å². The first-order valence-corrected chi connectivity index (χ1v) is 7.19. The Hall–Kier alpha value is -0.140. The molecular weight excluding hydrogens is 249 g/mol. The highest BCUT2D eigenvalue weighted by atomic mass is 79.9. The van der Waals surface area contributed by atoms with Gasteiger partial charge in [0.2, 0.25) is 0 Å². The van der Waals surface area contributed by atoms with Crippen molar-refractivity contribution in [2.75, 3.05) is 12.3 Å². The molecule has 0 unspecified atom stereocenters. The zero-order valence-electron chi connectivity index (χ0n) is 7.83. The van der Waals surface area contributed by atoms with Crippen LogP contribution in [0.15, 0.2) is 22.8 Å². The summed E-state index contributed by atoms with van der Waals surface area (Å²) >= 11 is 3.30. The van der Waals surface area contributed by atoms with Gasteiger partial charge < -0.3 is 4.57 Å². The van der Waals surface area contributed by atoms with E-state index in [-0.39, 0.29) is 0 Å². The van der Waals surface area contributed by atoms with E-state index in [0.29, 0.717) is 12.3 Å². The lowest BCUT2D eigenvalue weighted by Gasteiger charge is -2.12. The van der Waals surface area contributed by atoms with Gasteiger partial charge in [-0.2, -0.15) is 0 Å². The third-order valence-electron chi connectivity index (χ3n) is 2.15. The highest BCUT2D eigenvalue weighted by molar-refractivity contribution is 9.10. The van der Waals surface area contributed by atoms with Gasteiger partial charge in [0, 0.05) is 23.0 Å². The van der Waals surface area contributed by atoms with E-state index in [4.69, 9.17) is 0 Å². The average Bonchev–Trinajstić information content (AvgIpc) is 2.18. The summed E-state index contributed by atoms with van der Waals surface area (Å²) in [6, 6.07) is 3.73. The Morgan fingerprint density at radius 2 is 2.00 bits per heavy atom. The van der Waals surface area contributed by atoms with Crippen molar-refractivity contribution in [1.29, 1.82) is 0 Å². The maximum atomic E-state index is 12.2. The highest BCUT2D eigenvalue weighted by Gasteiger charge is 2.20. The van der Waals surface area contributed by atoms with E-state index >= 15 is 0 Å². The molecular formula is C9H13BrNOP. The van der Waals surface area contributed by atoms with Gasteiger partial charge in [-0.15, -0.1) is 0 Å². The largest absolute Gasteiger partial charge is 0.317 e. The minimum absolute atomic E-state index is 0.693. The smallest absolute Gasteiger partial charge is 0.132 e. The number of pyridine rings is 1. The molecule has 0 spiro atoms. The summed E-state index contributed by atoms with van der Waals surface area (Å²) < 4.78 is 13.1. The summed E-state index contributed by atoms with van der Waals surface area (Å²) in [4.78, 5) is 4.18. The maximum Gasteiger partial charge on any atom is 0.132 e. The molecule has 0 saturated carbocycles. The second kappa shape index (κ2) is 4.39. The van der Waals surface area contributed by atoms with E-state index in [1.165, 1.54) is 0 Å². The Bertz CT molecular complexity index is 315. The molecule has 0 saturated heterocycles. The molecule has 4 heteroatoms. The lowest BCUT2D eigenvalue weighted by molar-refractivity contribution is 0.582. The molecule has 2 nitrogen and oxygen atoms in total. The number of halogens is 1. The van der Waals surface area contributed by atoms with Crippen LogP contribution in [0.5, 0.6) is 0 Å². The number of aromatic nitrogens is 1. The van der Waals surface area contributed by atoms with E-state index in [1.807, 2.05) is 26.0 Å². The SMILES string of the molecule is CCP(=O)(CC)c1ccc(Br)cn1. The molecule has 1 aromatic heterocycles. The first kappa shape index (κ1) is 10.9. The quantitative estimate of drug-likeness (QED) is 0.784. The van der Waals surface area contributed by atoms with Crippen LogP contribution < -0.4 is 5.44 Å². The van der Waals surface area contributed by atoms with Crippen LogP contribution in [0.1, 0.15) is 13.8 Å². The Balaban J connectivity index is 3.07. The van der Waals surface area contributed by atoms with Crippen molar-refractivity contribution in [3.05, 3.63) is 22.8 Å². The zero-order chi connectivity index (χ0) is 9.90. The van der Waals surface area contributed by atoms with Gasteiger partial charge in [-0.05, 0) is 28.1 Å². The summed E-state index contributed by atoms with van der Waals surface area (Å²) in [5.74, 6) is 0. The van der Waals surface area contributed by atoms with Gasteiger partial charge >= 0.3 is 0 Å². The van der Waals surface area contributed by atoms with Crippen molar-refractivity contribution in [1.82, 2.24) is 4.98 Å². The van der Waals surface area contributed by atoms with Crippen LogP contribution in [0.3, 0.4) is 0 Å². The third kappa shape index (κ3) is 2.41. The summed E-state index contributed by atoms with van der Waals surface area (Å²) in [5, 5.41) is 0. The summed E-state index contributed by atoms with van der Waals surface area (Å²) in [5.41, 5.74) is 0.751. The summed E-state index contributed by atoms with van der Waals surface area (Å²) in [6.45, 7) is 3.90. The molecule has 0 radical (unpaired) electrons. The van der Waals surface area contributed by atoms with Gasteiger partial charge in [0.1, 0.15) is 7.14 Å². The van der Waals surface area contributed by atoms with E-state index in [1.54, 1.807) is 6.20 Å². The summed E-state index contributed by atoms with van der Waals surface area (Å²) in [7, 11) is -2.19. The average molecular weight is 262 g/mol. The fourth-order valence-electron chi connectivity index (χ4n) is 1.16. The van der Waals surface area contributed by atoms with Gasteiger partial charge in [0.15, 0.2) is 0 Å². The fraction of sp³-hybridized carbons (Fsp3) is 0.444. The standard InChI is InChI=1S/C9H13BrNOP/c1-3-13(12,4-2)9-6-5-8(10)7-11-9/h5-7H,3-4H2,1-2H3. The van der Waals surface area contributed by atoms with Crippen molar-refractivity contribution in [2.24, 2.45) is 0 Å². The van der Waals surface area contributed by atoms with Gasteiger partial charge in [-0.25, -0.2) is 0 Å². The first-order chi connectivity index (χ1) is 6.12. The molecule has 0 aromatic carbocycles. The van der Waals surface area contributed by atoms with Crippen LogP contribution in [-0.4, -0.2) is 17.3 Å². The van der Waals surface area contributed by atoms with Gasteiger partial charge in [0.05, 0.1) is 5.44 Å². The van der Waals surface area contributed by atoms with Crippen LogP contribution in [0, 0.1) is 0 Å². The van der Waals surface area contributed by atoms with Crippen molar-refractivity contribution in [2.45, 2.75) is 13.8 Å². The number of rotatable bonds is 3. The molecule has 0 atom stereocenters.